The van der Waals surface area contributed by atoms with Crippen LogP contribution in [0.3, 0.4) is 0 Å². The average Bonchev–Trinajstić information content (AvgIpc) is 0. The molecule has 0 saturated heterocycles. The maximum Gasteiger partial charge on any atom is 0 e. The van der Waals surface area contributed by atoms with E-state index in [0.29, 0.717) is 0 Å². The molecule has 0 rings (SSSR count). The molecule has 2 radical (unpaired) electrons. The molecule has 0 aromatic rings. The molecule has 0 aromatic carbocycles. The van der Waals surface area contributed by atoms with E-state index >= 15 is 0 Å². The van der Waals surface area contributed by atoms with Crippen molar-refractivity contribution in [3.8, 4) is 0 Å². The van der Waals surface area contributed by atoms with Crippen molar-refractivity contribution >= 4 is 37.2 Å². The van der Waals surface area contributed by atoms with Crippen molar-refractivity contribution in [2.45, 2.75) is 0 Å². The van der Waals surface area contributed by atoms with Crippen LogP contribution in [0.15, 0.2) is 0 Å². The van der Waals surface area contributed by atoms with Gasteiger partial charge in [-0.3, -0.25) is 0 Å². The van der Waals surface area contributed by atoms with Gasteiger partial charge in [-0.1, -0.05) is 0 Å². The Bertz CT molecular complexity index is 15.5. The van der Waals surface area contributed by atoms with Crippen molar-refractivity contribution in [1.82, 2.24) is 0 Å². The maximum absolute atomic E-state index is 0. The first kappa shape index (κ1) is 41.6. The molecule has 0 fully saturated rings. The molecule has 0 unspecified atom stereocenters. The van der Waals surface area contributed by atoms with E-state index in [1.54, 1.807) is 0 Å². The minimum absolute atomic E-state index is 0. The first-order chi connectivity index (χ1) is 0. The summed E-state index contributed by atoms with van der Waals surface area (Å²) in [6.45, 7) is 0. The first-order valence-electron chi connectivity index (χ1n) is 0. The van der Waals surface area contributed by atoms with E-state index in [1.165, 1.54) is 0 Å². The molecule has 0 aliphatic heterocycles. The fraction of sp³-hybridized carbons (Fsp3) is 0. The summed E-state index contributed by atoms with van der Waals surface area (Å²) in [5.41, 5.74) is 0. The Hall–Kier alpha value is 5.58. The number of rotatable bonds is 0. The molecule has 0 amide bonds. The molecule has 6 heteroatoms. The van der Waals surface area contributed by atoms with Gasteiger partial charge in [-0.2, -0.15) is 0 Å². The van der Waals surface area contributed by atoms with E-state index in [2.05, 4.69) is 0 Å². The van der Waals surface area contributed by atoms with Gasteiger partial charge in [0.1, 0.15) is 0 Å². The Morgan fingerprint density at radius 2 is 1.00 bits per heavy atom. The third kappa shape index (κ3) is 22.6. The Kier molecular flexibility index (Phi) is 216. The SMILES string of the molecule is [AlH3].[Cr].[GaH3].[Ho].[Y].[Yb]. The van der Waals surface area contributed by atoms with Crippen LogP contribution in [0.4, 0.5) is 0 Å². The zero-order chi connectivity index (χ0) is 0. The average molecular weight is 582 g/mol. The van der Waals surface area contributed by atoms with E-state index in [1.807, 2.05) is 0 Å². The van der Waals surface area contributed by atoms with Crippen LogP contribution in [0.1, 0.15) is 0 Å². The zero-order valence-electron chi connectivity index (χ0n) is 1.55. The molecular formula is H6AlCrGaHoYYb. The third-order valence-electron chi connectivity index (χ3n) is 0. The second-order valence-electron chi connectivity index (χ2n) is 0. The summed E-state index contributed by atoms with van der Waals surface area (Å²) < 4.78 is 0. The summed E-state index contributed by atoms with van der Waals surface area (Å²) >= 11 is 0. The van der Waals surface area contributed by atoms with Crippen molar-refractivity contribution in [3.05, 3.63) is 0 Å². The van der Waals surface area contributed by atoms with Gasteiger partial charge in [0.25, 0.3) is 0 Å². The molecule has 0 heterocycles. The molecule has 6 heavy (non-hydrogen) atoms. The molecule has 0 bridgehead atoms. The summed E-state index contributed by atoms with van der Waals surface area (Å²) in [7, 11) is 0. The Balaban J connectivity index is 0. The van der Waals surface area contributed by atoms with E-state index < -0.39 is 0 Å². The van der Waals surface area contributed by atoms with Crippen LogP contribution in [0.25, 0.3) is 0 Å². The smallest absolute Gasteiger partial charge is 0 e. The monoisotopic (exact) mass is 582 g/mol. The molecule has 0 aliphatic carbocycles. The minimum Gasteiger partial charge on any atom is 0 e. The molecule has 0 saturated carbocycles. The Morgan fingerprint density at radius 1 is 1.00 bits per heavy atom. The standard InChI is InChI=1S/Al.Cr.Ga.Ho.Y.Yb.6H. The van der Waals surface area contributed by atoms with Crippen molar-refractivity contribution < 1.29 is 135 Å². The fourth-order valence-electron chi connectivity index (χ4n) is 0. The molecule has 46 valence electrons. The summed E-state index contributed by atoms with van der Waals surface area (Å²) in [4.78, 5) is 0. The van der Waals surface area contributed by atoms with Crippen LogP contribution in [0, 0.1) is 84.7 Å². The van der Waals surface area contributed by atoms with E-state index in [9.17, 15) is 0 Å². The van der Waals surface area contributed by atoms with Gasteiger partial charge in [-0.05, 0) is 0 Å². The van der Waals surface area contributed by atoms with E-state index in [0.717, 1.165) is 0 Å². The molecular weight excluding hydrogens is 576 g/mol. The molecule has 0 N–H and O–H groups in total. The zero-order valence-corrected chi connectivity index (χ0v) is 9.32. The molecule has 0 aliphatic rings. The van der Waals surface area contributed by atoms with Crippen molar-refractivity contribution in [3.63, 3.8) is 0 Å². The quantitative estimate of drug-likeness (QED) is 0.281. The van der Waals surface area contributed by atoms with E-state index in [4.69, 9.17) is 0 Å². The van der Waals surface area contributed by atoms with E-state index in [-0.39, 0.29) is 172 Å². The van der Waals surface area contributed by atoms with Gasteiger partial charge in [0.15, 0.2) is 17.4 Å². The summed E-state index contributed by atoms with van der Waals surface area (Å²) in [6.07, 6.45) is 0. The largest absolute Gasteiger partial charge is 0 e. The normalized spacial score (nSPS) is 0. The van der Waals surface area contributed by atoms with Crippen LogP contribution in [-0.4, -0.2) is 37.2 Å². The second kappa shape index (κ2) is 31.2. The first-order valence-corrected chi connectivity index (χ1v) is 0. The predicted molar refractivity (Wildman–Crippen MR) is 19.9 cm³/mol. The van der Waals surface area contributed by atoms with Crippen molar-refractivity contribution in [2.24, 2.45) is 0 Å². The van der Waals surface area contributed by atoms with Crippen LogP contribution in [0.2, 0.25) is 0 Å². The topological polar surface area (TPSA) is 0 Å². The second-order valence-corrected chi connectivity index (χ2v) is 0. The summed E-state index contributed by atoms with van der Waals surface area (Å²) in [6, 6.07) is 0. The number of hydrogen-bond donors (Lipinski definition) is 0. The third-order valence-corrected chi connectivity index (χ3v) is 0. The van der Waals surface area contributed by atoms with Gasteiger partial charge in [-0.15, -0.1) is 0 Å². The van der Waals surface area contributed by atoms with Gasteiger partial charge >= 0.3 is 19.8 Å². The Morgan fingerprint density at radius 3 is 1.00 bits per heavy atom. The van der Waals surface area contributed by atoms with Gasteiger partial charge in [0, 0.05) is 135 Å². The fourth-order valence-corrected chi connectivity index (χ4v) is 0. The van der Waals surface area contributed by atoms with Crippen molar-refractivity contribution in [2.75, 3.05) is 0 Å². The summed E-state index contributed by atoms with van der Waals surface area (Å²) in [5, 5.41) is 0. The minimum atomic E-state index is 0. The van der Waals surface area contributed by atoms with Crippen LogP contribution in [-0.2, 0) is 50.1 Å². The van der Waals surface area contributed by atoms with Crippen LogP contribution < -0.4 is 0 Å². The molecule has 0 spiro atoms. The Labute approximate surface area is 167 Å². The molecule has 0 aromatic heterocycles. The molecule has 0 nitrogen and oxygen atoms in total. The van der Waals surface area contributed by atoms with Gasteiger partial charge in [0.2, 0.25) is 0 Å². The van der Waals surface area contributed by atoms with Gasteiger partial charge < -0.3 is 0 Å². The number of hydrogen-bond acceptors (Lipinski definition) is 0. The molecule has 0 atom stereocenters. The van der Waals surface area contributed by atoms with Crippen LogP contribution >= 0.6 is 0 Å². The maximum atomic E-state index is 0. The van der Waals surface area contributed by atoms with Gasteiger partial charge in [-0.25, -0.2) is 0 Å². The summed E-state index contributed by atoms with van der Waals surface area (Å²) in [5.74, 6) is 0. The van der Waals surface area contributed by atoms with Crippen LogP contribution in [0.5, 0.6) is 0 Å². The predicted octanol–water partition coefficient (Wildman–Crippen LogP) is -2.37. The van der Waals surface area contributed by atoms with Crippen molar-refractivity contribution in [1.29, 1.82) is 0 Å². The van der Waals surface area contributed by atoms with Gasteiger partial charge in [0.05, 0.1) is 0 Å².